The molecule has 3 rings (SSSR count). The molecule has 330 valence electrons. The van der Waals surface area contributed by atoms with Crippen LogP contribution in [-0.2, 0) is 41.6 Å². The molecule has 0 spiro atoms. The van der Waals surface area contributed by atoms with Gasteiger partial charge in [0.05, 0.1) is 19.1 Å². The predicted molar refractivity (Wildman–Crippen MR) is 226 cm³/mol. The Kier molecular flexibility index (Phi) is 19.6. The van der Waals surface area contributed by atoms with Crippen molar-refractivity contribution in [2.24, 2.45) is 38.7 Å². The highest BCUT2D eigenvalue weighted by atomic mass is 19.1. The fraction of sp³-hybridized carbons (Fsp3) is 0.400. The molecule has 0 aliphatic heterocycles. The highest BCUT2D eigenvalue weighted by molar-refractivity contribution is 5.96. The van der Waals surface area contributed by atoms with E-state index in [0.29, 0.717) is 11.1 Å². The van der Waals surface area contributed by atoms with Gasteiger partial charge in [0.1, 0.15) is 29.9 Å². The maximum absolute atomic E-state index is 14.2. The van der Waals surface area contributed by atoms with Gasteiger partial charge in [-0.3, -0.25) is 38.3 Å². The van der Waals surface area contributed by atoms with Gasteiger partial charge in [-0.25, -0.2) is 4.79 Å². The zero-order valence-electron chi connectivity index (χ0n) is 33.5. The van der Waals surface area contributed by atoms with Crippen LogP contribution in [0.5, 0.6) is 5.75 Å². The van der Waals surface area contributed by atoms with Gasteiger partial charge in [-0.15, -0.1) is 0 Å². The number of nitrogens with zero attached hydrogens (tertiary/aromatic N) is 2. The van der Waals surface area contributed by atoms with Gasteiger partial charge in [0.15, 0.2) is 11.9 Å². The number of hydrogen-bond acceptors (Lipinski definition) is 10. The third-order valence-electron chi connectivity index (χ3n) is 9.21. The Morgan fingerprint density at radius 1 is 0.639 bits per heavy atom. The largest absolute Gasteiger partial charge is 0.508 e. The highest BCUT2D eigenvalue weighted by Crippen LogP contribution is 2.17. The van der Waals surface area contributed by atoms with Crippen LogP contribution in [-0.4, -0.2) is 114 Å². The maximum atomic E-state index is 14.2. The fourth-order valence-electron chi connectivity index (χ4n) is 6.02. The summed E-state index contributed by atoms with van der Waals surface area (Å²) >= 11 is 0. The Balaban J connectivity index is 1.91. The topological polar surface area (TPSA) is 358 Å². The number of hydrogen-bond donors (Lipinski definition) is 12. The number of fused-ring (bicyclic) bond motifs is 1. The van der Waals surface area contributed by atoms with Crippen LogP contribution in [0.25, 0.3) is 10.8 Å². The number of halogens is 1. The van der Waals surface area contributed by atoms with Gasteiger partial charge in [0.25, 0.3) is 0 Å². The first-order chi connectivity index (χ1) is 29.1. The molecular formula is C40H55FN12O8. The summed E-state index contributed by atoms with van der Waals surface area (Å²) in [5, 5.41) is 33.7. The van der Waals surface area contributed by atoms with Gasteiger partial charge < -0.3 is 65.5 Å². The number of amides is 5. The second-order valence-electron chi connectivity index (χ2n) is 14.1. The number of phenolic OH excluding ortho intramolecular Hbond substituents is 1. The van der Waals surface area contributed by atoms with Crippen molar-refractivity contribution in [1.29, 1.82) is 0 Å². The zero-order valence-corrected chi connectivity index (χ0v) is 33.5. The van der Waals surface area contributed by atoms with E-state index in [2.05, 4.69) is 36.6 Å². The quantitative estimate of drug-likeness (QED) is 0.0256. The lowest BCUT2D eigenvalue weighted by molar-refractivity contribution is -0.142. The third-order valence-corrected chi connectivity index (χ3v) is 9.21. The number of rotatable bonds is 25. The van der Waals surface area contributed by atoms with Crippen LogP contribution >= 0.6 is 0 Å². The summed E-state index contributed by atoms with van der Waals surface area (Å²) in [4.78, 5) is 87.2. The van der Waals surface area contributed by atoms with Gasteiger partial charge >= 0.3 is 5.97 Å². The van der Waals surface area contributed by atoms with Crippen molar-refractivity contribution in [2.75, 3.05) is 26.3 Å². The average molecular weight is 851 g/mol. The van der Waals surface area contributed by atoms with Crippen molar-refractivity contribution < 1.29 is 43.4 Å². The molecule has 0 aliphatic carbocycles. The fourth-order valence-corrected chi connectivity index (χ4v) is 6.02. The van der Waals surface area contributed by atoms with Gasteiger partial charge in [0, 0.05) is 26.1 Å². The molecule has 0 fully saturated rings. The molecule has 5 amide bonds. The summed E-state index contributed by atoms with van der Waals surface area (Å²) < 4.78 is 12.7. The first kappa shape index (κ1) is 48.3. The van der Waals surface area contributed by atoms with Crippen LogP contribution < -0.4 is 55.3 Å². The summed E-state index contributed by atoms with van der Waals surface area (Å²) in [6, 6.07) is 12.0. The van der Waals surface area contributed by atoms with Gasteiger partial charge in [-0.2, -0.15) is 0 Å². The van der Waals surface area contributed by atoms with E-state index in [9.17, 15) is 43.4 Å². The molecule has 0 bridgehead atoms. The summed E-state index contributed by atoms with van der Waals surface area (Å²) in [6.07, 6.45) is -0.253. The number of alkyl halides is 1. The van der Waals surface area contributed by atoms with Gasteiger partial charge in [-0.1, -0.05) is 54.6 Å². The Morgan fingerprint density at radius 3 is 1.70 bits per heavy atom. The second-order valence-corrected chi connectivity index (χ2v) is 14.1. The van der Waals surface area contributed by atoms with Crippen LogP contribution in [0.3, 0.4) is 0 Å². The molecule has 17 N–H and O–H groups in total. The average Bonchev–Trinajstić information content (AvgIpc) is 3.21. The van der Waals surface area contributed by atoms with Gasteiger partial charge in [-0.05, 0) is 66.1 Å². The minimum absolute atomic E-state index is 0.00800. The highest BCUT2D eigenvalue weighted by Gasteiger charge is 2.32. The van der Waals surface area contributed by atoms with E-state index in [0.717, 1.165) is 10.8 Å². The first-order valence-corrected chi connectivity index (χ1v) is 19.4. The first-order valence-electron chi connectivity index (χ1n) is 19.4. The van der Waals surface area contributed by atoms with Crippen molar-refractivity contribution in [3.63, 3.8) is 0 Å². The molecule has 3 aromatic rings. The summed E-state index contributed by atoms with van der Waals surface area (Å²) in [7, 11) is 0. The monoisotopic (exact) mass is 850 g/mol. The minimum atomic E-state index is -1.66. The molecule has 0 saturated carbocycles. The molecule has 61 heavy (non-hydrogen) atoms. The van der Waals surface area contributed by atoms with Crippen LogP contribution in [0, 0.1) is 0 Å². The number of carbonyl (C=O) groups excluding carboxylic acids is 5. The van der Waals surface area contributed by atoms with Crippen molar-refractivity contribution in [2.45, 2.75) is 75.2 Å². The number of carbonyl (C=O) groups is 6. The van der Waals surface area contributed by atoms with E-state index in [-0.39, 0.29) is 69.3 Å². The Hall–Kier alpha value is -7.03. The molecule has 0 heterocycles. The number of nitrogens with one attached hydrogen (secondary N) is 5. The van der Waals surface area contributed by atoms with E-state index in [1.54, 1.807) is 24.3 Å². The number of benzene rings is 3. The molecule has 20 nitrogen and oxygen atoms in total. The molecule has 0 aliphatic rings. The Labute approximate surface area is 351 Å². The third kappa shape index (κ3) is 17.4. The lowest BCUT2D eigenvalue weighted by Crippen LogP contribution is -2.59. The standard InChI is InChI=1S/C40H55FN12O8/c41-16-15-33(55)49-22-32(38(60)61)53-37(59)31(21-24-9-12-25-5-1-2-6-26(25)19-24)52-36(58)30(8-4-18-48-40(45)46)51-35(57)29(7-3-17-47-39(43)44)50-34(56)28(42)20-23-10-13-27(54)14-11-23/h1-2,5-6,9-14,19,28-32,54H,3-4,7-8,15-18,20-22,42H2,(H,49,55)(H,50,56)(H,51,57)(H,52,58)(H,53,59)(H,60,61)(H4,43,44,47)(H4,45,46,48)/t28-,29+,30+,31+,32+/m1/s1. The smallest absolute Gasteiger partial charge is 0.328 e. The van der Waals surface area contributed by atoms with Gasteiger partial charge in [0.2, 0.25) is 29.5 Å². The molecule has 0 radical (unpaired) electrons. The number of aromatic hydroxyl groups is 1. The molecule has 5 atom stereocenters. The van der Waals surface area contributed by atoms with Crippen LogP contribution in [0.4, 0.5) is 4.39 Å². The maximum Gasteiger partial charge on any atom is 0.328 e. The minimum Gasteiger partial charge on any atom is -0.508 e. The SMILES string of the molecule is NC(N)=NCCC[C@H](NC(=O)[C@H](N)Cc1ccc(O)cc1)C(=O)N[C@@H](CCCN=C(N)N)C(=O)N[C@@H](Cc1ccc2ccccc2c1)C(=O)N[C@@H](CNC(=O)CCF)C(=O)O. The molecular weight excluding hydrogens is 796 g/mol. The summed E-state index contributed by atoms with van der Waals surface area (Å²) in [5.74, 6) is -5.91. The molecule has 21 heteroatoms. The number of carboxylic acids is 1. The normalized spacial score (nSPS) is 13.3. The lowest BCUT2D eigenvalue weighted by Gasteiger charge is -2.27. The van der Waals surface area contributed by atoms with Crippen LogP contribution in [0.2, 0.25) is 0 Å². The number of aliphatic imine (C=N–C) groups is 2. The van der Waals surface area contributed by atoms with E-state index in [4.69, 9.17) is 28.7 Å². The van der Waals surface area contributed by atoms with E-state index < -0.39 is 85.4 Å². The number of phenols is 1. The number of aliphatic carboxylic acids is 1. The number of carboxylic acid groups (broad SMARTS) is 1. The van der Waals surface area contributed by atoms with Crippen LogP contribution in [0.15, 0.2) is 76.7 Å². The Morgan fingerprint density at radius 2 is 1.15 bits per heavy atom. The van der Waals surface area contributed by atoms with Crippen molar-refractivity contribution in [3.05, 3.63) is 77.9 Å². The molecule has 0 aromatic heterocycles. The molecule has 3 aromatic carbocycles. The number of nitrogens with two attached hydrogens (primary N) is 5. The van der Waals surface area contributed by atoms with Crippen molar-refractivity contribution >= 4 is 58.2 Å². The summed E-state index contributed by atoms with van der Waals surface area (Å²) in [5.41, 5.74) is 29.3. The Bertz CT molecular complexity index is 2030. The van der Waals surface area contributed by atoms with E-state index in [1.807, 2.05) is 30.3 Å². The zero-order chi connectivity index (χ0) is 44.9. The summed E-state index contributed by atoms with van der Waals surface area (Å²) in [6.45, 7) is -1.39. The predicted octanol–water partition coefficient (Wildman–Crippen LogP) is -1.74. The van der Waals surface area contributed by atoms with Crippen molar-refractivity contribution in [1.82, 2.24) is 26.6 Å². The van der Waals surface area contributed by atoms with Crippen molar-refractivity contribution in [3.8, 4) is 5.75 Å². The molecule has 0 unspecified atom stereocenters. The van der Waals surface area contributed by atoms with Crippen LogP contribution in [0.1, 0.15) is 43.2 Å². The van der Waals surface area contributed by atoms with E-state index in [1.165, 1.54) is 12.1 Å². The molecule has 0 saturated heterocycles. The lowest BCUT2D eigenvalue weighted by atomic mass is 10.00. The van der Waals surface area contributed by atoms with E-state index >= 15 is 0 Å². The number of guanidine groups is 2. The second kappa shape index (κ2) is 24.8.